The molecule has 0 bridgehead atoms. The summed E-state index contributed by atoms with van der Waals surface area (Å²) in [6.07, 6.45) is 1.60. The van der Waals surface area contributed by atoms with Gasteiger partial charge < -0.3 is 0 Å². The normalized spacial score (nSPS) is 16.2. The Morgan fingerprint density at radius 3 is 2.39 bits per heavy atom. The summed E-state index contributed by atoms with van der Waals surface area (Å²) in [6, 6.07) is 14.6. The van der Waals surface area contributed by atoms with Crippen LogP contribution in [0.2, 0.25) is 5.02 Å². The molecule has 5 heteroatoms. The molecule has 1 saturated heterocycles. The molecule has 0 aliphatic carbocycles. The van der Waals surface area contributed by atoms with E-state index < -0.39 is 0 Å². The third-order valence-corrected chi connectivity index (χ3v) is 4.19. The van der Waals surface area contributed by atoms with Gasteiger partial charge in [-0.05, 0) is 23.8 Å². The van der Waals surface area contributed by atoms with Crippen LogP contribution in [0, 0.1) is 5.82 Å². The average molecular weight is 332 g/mol. The predicted molar refractivity (Wildman–Crippen MR) is 92.3 cm³/mol. The molecule has 23 heavy (non-hydrogen) atoms. The summed E-state index contributed by atoms with van der Waals surface area (Å²) in [5.41, 5.74) is 1.79. The molecule has 3 nitrogen and oxygen atoms in total. The summed E-state index contributed by atoms with van der Waals surface area (Å²) in [4.78, 5) is 2.39. The lowest BCUT2D eigenvalue weighted by Crippen LogP contribution is -2.43. The molecule has 0 spiro atoms. The van der Waals surface area contributed by atoms with Crippen LogP contribution in [0.1, 0.15) is 11.1 Å². The summed E-state index contributed by atoms with van der Waals surface area (Å²) in [5.74, 6) is -0.238. The molecular formula is C18H19ClFN3. The first kappa shape index (κ1) is 16.0. The Morgan fingerprint density at radius 1 is 1.00 bits per heavy atom. The monoisotopic (exact) mass is 331 g/mol. The average Bonchev–Trinajstić information content (AvgIpc) is 2.58. The number of piperazine rings is 1. The van der Waals surface area contributed by atoms with Crippen LogP contribution >= 0.6 is 11.6 Å². The fourth-order valence-corrected chi connectivity index (χ4v) is 2.71. The van der Waals surface area contributed by atoms with Gasteiger partial charge in [-0.3, -0.25) is 9.91 Å². The topological polar surface area (TPSA) is 18.8 Å². The van der Waals surface area contributed by atoms with Crippen LogP contribution < -0.4 is 0 Å². The second-order valence-corrected chi connectivity index (χ2v) is 6.06. The molecule has 120 valence electrons. The van der Waals surface area contributed by atoms with Crippen molar-refractivity contribution >= 4 is 17.8 Å². The zero-order valence-electron chi connectivity index (χ0n) is 12.8. The molecule has 1 aliphatic heterocycles. The number of hydrogen-bond donors (Lipinski definition) is 0. The number of hydrogen-bond acceptors (Lipinski definition) is 3. The maximum absolute atomic E-state index is 13.5. The van der Waals surface area contributed by atoms with Crippen LogP contribution in [0.4, 0.5) is 4.39 Å². The van der Waals surface area contributed by atoms with Crippen LogP contribution in [-0.2, 0) is 6.54 Å². The fraction of sp³-hybridized carbons (Fsp3) is 0.278. The standard InChI is InChI=1S/C18H19ClFN3/c19-17-7-5-15(6-8-17)14-22-9-11-23(12-10-22)21-13-16-3-1-2-4-18(16)20/h1-8,13H,9-12,14H2/b21-13+. The summed E-state index contributed by atoms with van der Waals surface area (Å²) < 4.78 is 13.5. The first-order valence-corrected chi connectivity index (χ1v) is 8.09. The second-order valence-electron chi connectivity index (χ2n) is 5.62. The Labute approximate surface area is 141 Å². The van der Waals surface area contributed by atoms with Gasteiger partial charge in [0, 0.05) is 43.3 Å². The summed E-state index contributed by atoms with van der Waals surface area (Å²) in [6.45, 7) is 4.49. The quantitative estimate of drug-likeness (QED) is 0.797. The van der Waals surface area contributed by atoms with Gasteiger partial charge >= 0.3 is 0 Å². The van der Waals surface area contributed by atoms with E-state index in [1.807, 2.05) is 23.2 Å². The molecule has 3 rings (SSSR count). The van der Waals surface area contributed by atoms with Crippen molar-refractivity contribution in [1.29, 1.82) is 0 Å². The smallest absolute Gasteiger partial charge is 0.132 e. The van der Waals surface area contributed by atoms with Crippen molar-refractivity contribution in [3.63, 3.8) is 0 Å². The van der Waals surface area contributed by atoms with Crippen LogP contribution in [0.5, 0.6) is 0 Å². The third-order valence-electron chi connectivity index (χ3n) is 3.93. The van der Waals surface area contributed by atoms with Gasteiger partial charge in [-0.2, -0.15) is 5.10 Å². The number of benzene rings is 2. The predicted octanol–water partition coefficient (Wildman–Crippen LogP) is 3.63. The second kappa shape index (κ2) is 7.57. The van der Waals surface area contributed by atoms with Gasteiger partial charge in [0.25, 0.3) is 0 Å². The van der Waals surface area contributed by atoms with Crippen molar-refractivity contribution in [2.24, 2.45) is 5.10 Å². The Kier molecular flexibility index (Phi) is 5.26. The first-order valence-electron chi connectivity index (χ1n) is 7.71. The molecule has 0 unspecified atom stereocenters. The van der Waals surface area contributed by atoms with Crippen LogP contribution in [0.15, 0.2) is 53.6 Å². The third kappa shape index (κ3) is 4.53. The highest BCUT2D eigenvalue weighted by molar-refractivity contribution is 6.30. The van der Waals surface area contributed by atoms with Gasteiger partial charge in [0.1, 0.15) is 5.82 Å². The fourth-order valence-electron chi connectivity index (χ4n) is 2.58. The van der Waals surface area contributed by atoms with Crippen molar-refractivity contribution in [2.75, 3.05) is 26.2 Å². The van der Waals surface area contributed by atoms with Crippen molar-refractivity contribution in [2.45, 2.75) is 6.54 Å². The molecule has 0 aromatic heterocycles. The summed E-state index contributed by atoms with van der Waals surface area (Å²) in [7, 11) is 0. The SMILES string of the molecule is Fc1ccccc1/C=N/N1CCN(Cc2ccc(Cl)cc2)CC1. The molecule has 1 fully saturated rings. The molecule has 0 N–H and O–H groups in total. The van der Waals surface area contributed by atoms with Gasteiger partial charge in [0.15, 0.2) is 0 Å². The molecule has 0 radical (unpaired) electrons. The van der Waals surface area contributed by atoms with E-state index in [0.29, 0.717) is 5.56 Å². The summed E-state index contributed by atoms with van der Waals surface area (Å²) in [5, 5.41) is 7.15. The first-order chi connectivity index (χ1) is 11.2. The Balaban J connectivity index is 1.50. The van der Waals surface area contributed by atoms with E-state index in [1.165, 1.54) is 11.6 Å². The number of hydrazone groups is 1. The zero-order chi connectivity index (χ0) is 16.1. The van der Waals surface area contributed by atoms with Crippen molar-refractivity contribution in [3.05, 3.63) is 70.5 Å². The molecular weight excluding hydrogens is 313 g/mol. The molecule has 2 aromatic rings. The van der Waals surface area contributed by atoms with Crippen molar-refractivity contribution in [1.82, 2.24) is 9.91 Å². The highest BCUT2D eigenvalue weighted by Crippen LogP contribution is 2.13. The molecule has 0 atom stereocenters. The minimum atomic E-state index is -0.238. The van der Waals surface area contributed by atoms with E-state index in [0.717, 1.165) is 37.7 Å². The summed E-state index contributed by atoms with van der Waals surface area (Å²) >= 11 is 5.91. The van der Waals surface area contributed by atoms with E-state index in [-0.39, 0.29) is 5.82 Å². The molecule has 1 aliphatic rings. The van der Waals surface area contributed by atoms with Crippen LogP contribution in [-0.4, -0.2) is 42.3 Å². The largest absolute Gasteiger partial charge is 0.295 e. The number of halogens is 2. The number of nitrogens with zero attached hydrogens (tertiary/aromatic N) is 3. The van der Waals surface area contributed by atoms with Gasteiger partial charge in [-0.15, -0.1) is 0 Å². The Hall–Kier alpha value is -1.91. The van der Waals surface area contributed by atoms with Gasteiger partial charge in [0.2, 0.25) is 0 Å². The van der Waals surface area contributed by atoms with Gasteiger partial charge in [-0.1, -0.05) is 41.9 Å². The van der Waals surface area contributed by atoms with Crippen LogP contribution in [0.3, 0.4) is 0 Å². The maximum Gasteiger partial charge on any atom is 0.132 e. The highest BCUT2D eigenvalue weighted by Gasteiger charge is 2.15. The lowest BCUT2D eigenvalue weighted by atomic mass is 10.2. The van der Waals surface area contributed by atoms with Gasteiger partial charge in [-0.25, -0.2) is 4.39 Å². The lowest BCUT2D eigenvalue weighted by molar-refractivity contribution is 0.131. The minimum absolute atomic E-state index is 0.238. The zero-order valence-corrected chi connectivity index (χ0v) is 13.6. The van der Waals surface area contributed by atoms with E-state index in [1.54, 1.807) is 18.3 Å². The Morgan fingerprint density at radius 2 is 1.70 bits per heavy atom. The van der Waals surface area contributed by atoms with Gasteiger partial charge in [0.05, 0.1) is 6.21 Å². The molecule has 1 heterocycles. The number of rotatable bonds is 4. The van der Waals surface area contributed by atoms with E-state index >= 15 is 0 Å². The van der Waals surface area contributed by atoms with E-state index in [2.05, 4.69) is 22.1 Å². The molecule has 0 amide bonds. The van der Waals surface area contributed by atoms with E-state index in [4.69, 9.17) is 11.6 Å². The Bertz CT molecular complexity index is 664. The molecule has 0 saturated carbocycles. The lowest BCUT2D eigenvalue weighted by Gasteiger charge is -2.33. The maximum atomic E-state index is 13.5. The van der Waals surface area contributed by atoms with E-state index in [9.17, 15) is 4.39 Å². The molecule has 2 aromatic carbocycles. The van der Waals surface area contributed by atoms with Crippen LogP contribution in [0.25, 0.3) is 0 Å². The van der Waals surface area contributed by atoms with Crippen molar-refractivity contribution < 1.29 is 4.39 Å². The van der Waals surface area contributed by atoms with Crippen molar-refractivity contribution in [3.8, 4) is 0 Å². The highest BCUT2D eigenvalue weighted by atomic mass is 35.5. The minimum Gasteiger partial charge on any atom is -0.295 e.